The van der Waals surface area contributed by atoms with E-state index in [0.717, 1.165) is 40.5 Å². The molecule has 3 heterocycles. The van der Waals surface area contributed by atoms with Crippen LogP contribution in [0, 0.1) is 5.41 Å². The first-order valence-corrected chi connectivity index (χ1v) is 10.1. The number of hydrogen-bond donors (Lipinski definition) is 2. The third-order valence-corrected chi connectivity index (χ3v) is 6.10. The van der Waals surface area contributed by atoms with Crippen molar-refractivity contribution in [3.8, 4) is 17.0 Å². The molecule has 1 aliphatic carbocycles. The number of anilines is 1. The lowest BCUT2D eigenvalue weighted by Gasteiger charge is -2.43. The summed E-state index contributed by atoms with van der Waals surface area (Å²) >= 11 is 0. The molecule has 0 bridgehead atoms. The lowest BCUT2D eigenvalue weighted by molar-refractivity contribution is -0.134. The molecule has 10 nitrogen and oxygen atoms in total. The Balaban J connectivity index is 1.47. The summed E-state index contributed by atoms with van der Waals surface area (Å²) in [7, 11) is 5.14. The monoisotopic (exact) mass is 420 g/mol. The molecule has 0 radical (unpaired) electrons. The van der Waals surface area contributed by atoms with E-state index in [4.69, 9.17) is 4.74 Å². The maximum atomic E-state index is 12.0. The highest BCUT2D eigenvalue weighted by molar-refractivity contribution is 5.89. The van der Waals surface area contributed by atoms with Crippen LogP contribution in [0.25, 0.3) is 27.7 Å². The van der Waals surface area contributed by atoms with Crippen LogP contribution < -0.4 is 15.4 Å². The van der Waals surface area contributed by atoms with E-state index in [2.05, 4.69) is 31.0 Å². The van der Waals surface area contributed by atoms with E-state index in [0.29, 0.717) is 11.8 Å². The van der Waals surface area contributed by atoms with Gasteiger partial charge in [0.15, 0.2) is 0 Å². The van der Waals surface area contributed by atoms with Crippen LogP contribution in [0.1, 0.15) is 19.8 Å². The molecule has 0 atom stereocenters. The van der Waals surface area contributed by atoms with E-state index in [9.17, 15) is 4.79 Å². The molecule has 1 fully saturated rings. The van der Waals surface area contributed by atoms with Gasteiger partial charge in [0.1, 0.15) is 11.0 Å². The number of methoxy groups -OCH3 is 1. The Hall–Kier alpha value is -3.69. The first-order chi connectivity index (χ1) is 14.9. The maximum Gasteiger partial charge on any atom is 0.244 e. The summed E-state index contributed by atoms with van der Waals surface area (Å²) in [6, 6.07) is 8.13. The minimum Gasteiger partial charge on any atom is -0.479 e. The van der Waals surface area contributed by atoms with Gasteiger partial charge in [0.25, 0.3) is 0 Å². The van der Waals surface area contributed by atoms with Gasteiger partial charge in [-0.3, -0.25) is 4.79 Å². The van der Waals surface area contributed by atoms with Gasteiger partial charge in [0.05, 0.1) is 18.0 Å². The molecule has 160 valence electrons. The van der Waals surface area contributed by atoms with E-state index < -0.39 is 0 Å². The molecule has 5 rings (SSSR count). The number of carbonyl (C=O) groups is 1. The highest BCUT2D eigenvalue weighted by atomic mass is 16.5. The number of benzene rings is 1. The van der Waals surface area contributed by atoms with Crippen molar-refractivity contribution in [1.82, 2.24) is 34.9 Å². The van der Waals surface area contributed by atoms with Gasteiger partial charge in [-0.15, -0.1) is 10.2 Å². The van der Waals surface area contributed by atoms with Crippen molar-refractivity contribution in [3.63, 3.8) is 0 Å². The van der Waals surface area contributed by atoms with Crippen molar-refractivity contribution in [2.45, 2.75) is 25.8 Å². The van der Waals surface area contributed by atoms with Gasteiger partial charge in [0.2, 0.25) is 17.7 Å². The second kappa shape index (κ2) is 6.93. The van der Waals surface area contributed by atoms with Gasteiger partial charge in [-0.25, -0.2) is 9.20 Å². The minimum atomic E-state index is -0.347. The van der Waals surface area contributed by atoms with Gasteiger partial charge < -0.3 is 15.4 Å². The van der Waals surface area contributed by atoms with Crippen LogP contribution in [0.5, 0.6) is 5.88 Å². The number of hydrogen-bond acceptors (Lipinski definition) is 7. The molecule has 1 amide bonds. The fourth-order valence-corrected chi connectivity index (χ4v) is 4.43. The zero-order valence-electron chi connectivity index (χ0n) is 17.9. The highest BCUT2D eigenvalue weighted by Gasteiger charge is 2.46. The van der Waals surface area contributed by atoms with E-state index in [1.54, 1.807) is 23.4 Å². The summed E-state index contributed by atoms with van der Waals surface area (Å²) in [5, 5.41) is 18.9. The van der Waals surface area contributed by atoms with Crippen LogP contribution in [0.3, 0.4) is 0 Å². The Bertz CT molecular complexity index is 1300. The summed E-state index contributed by atoms with van der Waals surface area (Å²) in [5.41, 5.74) is 4.19. The molecule has 31 heavy (non-hydrogen) atoms. The SMILES string of the molecule is CNC(=O)C1(C)CC(Nc2nc(OC)c3c(-c4ccc5nnn(C)c5c4)ccn3n2)C1. The van der Waals surface area contributed by atoms with Crippen molar-refractivity contribution >= 4 is 28.4 Å². The maximum absolute atomic E-state index is 12.0. The predicted octanol–water partition coefficient (Wildman–Crippen LogP) is 2.01. The molecule has 4 aromatic rings. The number of ether oxygens (including phenoxy) is 1. The summed E-state index contributed by atoms with van der Waals surface area (Å²) in [6.07, 6.45) is 3.35. The number of aromatic nitrogens is 6. The van der Waals surface area contributed by atoms with Gasteiger partial charge in [-0.2, -0.15) is 4.98 Å². The third-order valence-electron chi connectivity index (χ3n) is 6.10. The number of nitrogens with zero attached hydrogens (tertiary/aromatic N) is 6. The normalized spacial score (nSPS) is 20.6. The molecule has 1 saturated carbocycles. The third kappa shape index (κ3) is 3.06. The minimum absolute atomic E-state index is 0.0649. The van der Waals surface area contributed by atoms with E-state index in [1.165, 1.54) is 0 Å². The summed E-state index contributed by atoms with van der Waals surface area (Å²) in [4.78, 5) is 16.6. The van der Waals surface area contributed by atoms with Crippen LogP contribution in [0.4, 0.5) is 5.95 Å². The Kier molecular flexibility index (Phi) is 4.31. The fraction of sp³-hybridized carbons (Fsp3) is 0.381. The average molecular weight is 420 g/mol. The van der Waals surface area contributed by atoms with Gasteiger partial charge in [-0.05, 0) is 36.6 Å². The van der Waals surface area contributed by atoms with Crippen molar-refractivity contribution in [2.75, 3.05) is 19.5 Å². The Morgan fingerprint density at radius 3 is 2.84 bits per heavy atom. The Morgan fingerprint density at radius 1 is 1.29 bits per heavy atom. The van der Waals surface area contributed by atoms with Crippen molar-refractivity contribution in [3.05, 3.63) is 30.5 Å². The Morgan fingerprint density at radius 2 is 2.10 bits per heavy atom. The number of nitrogens with one attached hydrogen (secondary N) is 2. The van der Waals surface area contributed by atoms with E-state index in [-0.39, 0.29) is 17.4 Å². The van der Waals surface area contributed by atoms with Gasteiger partial charge in [0, 0.05) is 31.9 Å². The molecule has 3 aromatic heterocycles. The largest absolute Gasteiger partial charge is 0.479 e. The Labute approximate surface area is 178 Å². The molecular weight excluding hydrogens is 396 g/mol. The van der Waals surface area contributed by atoms with Crippen molar-refractivity contribution in [1.29, 1.82) is 0 Å². The number of aryl methyl sites for hydroxylation is 1. The van der Waals surface area contributed by atoms with Crippen LogP contribution in [-0.2, 0) is 11.8 Å². The number of carbonyl (C=O) groups excluding carboxylic acids is 1. The van der Waals surface area contributed by atoms with Gasteiger partial charge >= 0.3 is 0 Å². The standard InChI is InChI=1S/C21H24N8O2/c1-21(19(30)22-2)10-13(11-21)23-20-24-18(31-4)17-14(7-8-29(17)26-20)12-5-6-15-16(9-12)28(3)27-25-15/h5-9,13H,10-11H2,1-4H3,(H,22,30)(H,23,26). The smallest absolute Gasteiger partial charge is 0.244 e. The molecule has 1 aliphatic rings. The number of rotatable bonds is 5. The number of amides is 1. The zero-order valence-corrected chi connectivity index (χ0v) is 17.9. The highest BCUT2D eigenvalue weighted by Crippen LogP contribution is 2.42. The molecule has 0 unspecified atom stereocenters. The van der Waals surface area contributed by atoms with Crippen molar-refractivity contribution < 1.29 is 9.53 Å². The molecule has 10 heteroatoms. The van der Waals surface area contributed by atoms with Crippen LogP contribution in [0.15, 0.2) is 30.5 Å². The topological polar surface area (TPSA) is 111 Å². The second-order valence-electron chi connectivity index (χ2n) is 8.27. The van der Waals surface area contributed by atoms with Crippen LogP contribution >= 0.6 is 0 Å². The van der Waals surface area contributed by atoms with Crippen molar-refractivity contribution in [2.24, 2.45) is 12.5 Å². The zero-order chi connectivity index (χ0) is 21.8. The van der Waals surface area contributed by atoms with Crippen LogP contribution in [-0.4, -0.2) is 55.7 Å². The molecule has 0 saturated heterocycles. The molecule has 1 aromatic carbocycles. The molecular formula is C21H24N8O2. The predicted molar refractivity (Wildman–Crippen MR) is 116 cm³/mol. The van der Waals surface area contributed by atoms with Crippen LogP contribution in [0.2, 0.25) is 0 Å². The van der Waals surface area contributed by atoms with E-state index in [1.807, 2.05) is 44.4 Å². The average Bonchev–Trinajstić information content (AvgIpc) is 3.34. The lowest BCUT2D eigenvalue weighted by Crippen LogP contribution is -2.51. The molecule has 0 aliphatic heterocycles. The first-order valence-electron chi connectivity index (χ1n) is 10.1. The van der Waals surface area contributed by atoms with Gasteiger partial charge in [-0.1, -0.05) is 18.2 Å². The fourth-order valence-electron chi connectivity index (χ4n) is 4.43. The molecule has 0 spiro atoms. The molecule has 2 N–H and O–H groups in total. The lowest BCUT2D eigenvalue weighted by atomic mass is 9.66. The number of fused-ring (bicyclic) bond motifs is 2. The second-order valence-corrected chi connectivity index (χ2v) is 8.27. The summed E-state index contributed by atoms with van der Waals surface area (Å²) in [5.74, 6) is 1.02. The quantitative estimate of drug-likeness (QED) is 0.508. The summed E-state index contributed by atoms with van der Waals surface area (Å²) in [6.45, 7) is 1.97. The van der Waals surface area contributed by atoms with E-state index >= 15 is 0 Å². The first kappa shape index (κ1) is 19.3. The summed E-state index contributed by atoms with van der Waals surface area (Å²) < 4.78 is 9.13.